The van der Waals surface area contributed by atoms with Crippen molar-refractivity contribution in [3.63, 3.8) is 0 Å². The number of hydrogen-bond acceptors (Lipinski definition) is 8. The third kappa shape index (κ3) is 3.95. The minimum absolute atomic E-state index is 0.0204. The Kier molecular flexibility index (Phi) is 5.65. The van der Waals surface area contributed by atoms with Crippen LogP contribution in [0.4, 0.5) is 4.39 Å². The summed E-state index contributed by atoms with van der Waals surface area (Å²) in [4.78, 5) is 27.7. The summed E-state index contributed by atoms with van der Waals surface area (Å²) in [5.74, 6) is -1.18. The highest BCUT2D eigenvalue weighted by molar-refractivity contribution is 7.93. The smallest absolute Gasteiger partial charge is 0.187 e. The van der Waals surface area contributed by atoms with Crippen LogP contribution < -0.4 is 5.73 Å². The molecule has 1 unspecified atom stereocenters. The Bertz CT molecular complexity index is 1280. The van der Waals surface area contributed by atoms with Crippen molar-refractivity contribution in [1.29, 1.82) is 0 Å². The van der Waals surface area contributed by atoms with Gasteiger partial charge in [0.15, 0.2) is 15.6 Å². The highest BCUT2D eigenvalue weighted by Crippen LogP contribution is 2.41. The lowest BCUT2D eigenvalue weighted by Gasteiger charge is -2.39. The third-order valence-corrected chi connectivity index (χ3v) is 9.31. The van der Waals surface area contributed by atoms with Gasteiger partial charge >= 0.3 is 0 Å². The van der Waals surface area contributed by atoms with E-state index in [4.69, 9.17) is 5.73 Å². The number of aliphatic imine (C=N–C) groups is 1. The fourth-order valence-corrected chi connectivity index (χ4v) is 7.29. The van der Waals surface area contributed by atoms with Gasteiger partial charge in [0, 0.05) is 24.7 Å². The van der Waals surface area contributed by atoms with E-state index in [0.717, 1.165) is 0 Å². The Labute approximate surface area is 193 Å². The molecule has 2 N–H and O–H groups in total. The molecule has 2 aromatic rings. The molecule has 3 heterocycles. The van der Waals surface area contributed by atoms with Crippen LogP contribution in [-0.4, -0.2) is 65.5 Å². The number of rotatable bonds is 4. The van der Waals surface area contributed by atoms with Crippen molar-refractivity contribution in [3.05, 3.63) is 58.4 Å². The molecule has 4 rings (SSSR count). The topological polar surface area (TPSA) is 119 Å². The minimum atomic E-state index is -3.72. The molecule has 2 atom stereocenters. The van der Waals surface area contributed by atoms with E-state index in [1.165, 1.54) is 24.4 Å². The van der Waals surface area contributed by atoms with Crippen LogP contribution in [0.2, 0.25) is 0 Å². The van der Waals surface area contributed by atoms with Crippen molar-refractivity contribution in [3.8, 4) is 0 Å². The highest BCUT2D eigenvalue weighted by Gasteiger charge is 2.57. The van der Waals surface area contributed by atoms with Crippen LogP contribution in [0.3, 0.4) is 0 Å². The fourth-order valence-electron chi connectivity index (χ4n) is 4.87. The number of halogens is 1. The molecule has 1 aromatic carbocycles. The molecule has 1 spiro atoms. The maximum absolute atomic E-state index is 15.0. The van der Waals surface area contributed by atoms with Crippen LogP contribution in [0.5, 0.6) is 0 Å². The first kappa shape index (κ1) is 23.4. The van der Waals surface area contributed by atoms with Crippen LogP contribution in [0, 0.1) is 19.7 Å². The van der Waals surface area contributed by atoms with Gasteiger partial charge in [0.05, 0.1) is 17.1 Å². The Hall–Kier alpha value is -2.72. The Morgan fingerprint density at radius 2 is 2.03 bits per heavy atom. The van der Waals surface area contributed by atoms with E-state index in [2.05, 4.69) is 15.0 Å². The van der Waals surface area contributed by atoms with E-state index in [0.29, 0.717) is 29.9 Å². The second-order valence-corrected chi connectivity index (χ2v) is 11.7. The first-order chi connectivity index (χ1) is 15.4. The van der Waals surface area contributed by atoms with Gasteiger partial charge in [-0.1, -0.05) is 6.07 Å². The van der Waals surface area contributed by atoms with Gasteiger partial charge in [0.25, 0.3) is 0 Å². The van der Waals surface area contributed by atoms with Gasteiger partial charge in [-0.25, -0.2) is 17.8 Å². The summed E-state index contributed by atoms with van der Waals surface area (Å²) in [6.07, 6.45) is 1.87. The zero-order valence-corrected chi connectivity index (χ0v) is 20.0. The number of sulfone groups is 1. The van der Waals surface area contributed by atoms with Crippen molar-refractivity contribution in [2.24, 2.45) is 10.7 Å². The van der Waals surface area contributed by atoms with E-state index in [1.54, 1.807) is 20.8 Å². The van der Waals surface area contributed by atoms with Crippen LogP contribution in [-0.2, 0) is 21.8 Å². The Morgan fingerprint density at radius 3 is 2.64 bits per heavy atom. The average Bonchev–Trinajstić information content (AvgIpc) is 3.11. The number of hydrogen-bond donors (Lipinski definition) is 1. The van der Waals surface area contributed by atoms with Gasteiger partial charge in [-0.05, 0) is 58.5 Å². The number of amidine groups is 1. The molecule has 0 bridgehead atoms. The maximum atomic E-state index is 15.0. The molecule has 0 amide bonds. The zero-order chi connectivity index (χ0) is 24.2. The van der Waals surface area contributed by atoms with Crippen LogP contribution in [0.25, 0.3) is 0 Å². The average molecular weight is 474 g/mol. The summed E-state index contributed by atoms with van der Waals surface area (Å²) in [6.45, 7) is 5.95. The van der Waals surface area contributed by atoms with Gasteiger partial charge in [-0.2, -0.15) is 0 Å². The molecule has 1 aromatic heterocycles. The second kappa shape index (κ2) is 7.95. The predicted molar refractivity (Wildman–Crippen MR) is 124 cm³/mol. The molecule has 2 aliphatic rings. The normalized spacial score (nSPS) is 27.0. The van der Waals surface area contributed by atoms with Crippen LogP contribution >= 0.6 is 0 Å². The monoisotopic (exact) mass is 473 g/mol. The molecule has 0 aliphatic carbocycles. The van der Waals surface area contributed by atoms with Crippen LogP contribution in [0.1, 0.15) is 46.3 Å². The molecule has 176 valence electrons. The first-order valence-corrected chi connectivity index (χ1v) is 12.4. The van der Waals surface area contributed by atoms with Gasteiger partial charge < -0.3 is 10.6 Å². The summed E-state index contributed by atoms with van der Waals surface area (Å²) >= 11 is 0. The number of carbonyl (C=O) groups excluding carboxylic acids is 1. The third-order valence-electron chi connectivity index (χ3n) is 6.63. The number of likely N-dealkylation sites (tertiary alicyclic amines) is 1. The summed E-state index contributed by atoms with van der Waals surface area (Å²) in [6, 6.07) is 4.26. The number of aryl methyl sites for hydroxylation is 2. The lowest BCUT2D eigenvalue weighted by molar-refractivity contribution is 0.0987. The van der Waals surface area contributed by atoms with E-state index < -0.39 is 25.9 Å². The first-order valence-electron chi connectivity index (χ1n) is 10.8. The molecule has 10 heteroatoms. The van der Waals surface area contributed by atoms with E-state index in [1.807, 2.05) is 11.9 Å². The molecular weight excluding hydrogens is 445 g/mol. The standard InChI is InChI=1S/C23H28FN5O3S/c1-14-11-26-20(15(2)27-14)19(30)10-16-5-6-18(24)17(9-16)22(3)13-33(31,32)23(21(25)28-22)7-8-29(4)12-23/h5-6,9,11H,7-8,10,12-13H2,1-4H3,(H2,25,28)/t22-,23?/m0/s1. The number of nitrogens with two attached hydrogens (primary N) is 1. The van der Waals surface area contributed by atoms with Crippen molar-refractivity contribution in [2.75, 3.05) is 25.9 Å². The molecule has 0 radical (unpaired) electrons. The van der Waals surface area contributed by atoms with Crippen molar-refractivity contribution >= 4 is 21.5 Å². The van der Waals surface area contributed by atoms with E-state index >= 15 is 0 Å². The molecule has 0 saturated carbocycles. The Morgan fingerprint density at radius 1 is 1.30 bits per heavy atom. The fraction of sp³-hybridized carbons (Fsp3) is 0.478. The van der Waals surface area contributed by atoms with Crippen molar-refractivity contribution in [2.45, 2.75) is 43.9 Å². The second-order valence-electron chi connectivity index (χ2n) is 9.37. The number of ketones is 1. The lowest BCUT2D eigenvalue weighted by atomic mass is 9.90. The molecule has 2 aliphatic heterocycles. The van der Waals surface area contributed by atoms with Crippen molar-refractivity contribution in [1.82, 2.24) is 14.9 Å². The van der Waals surface area contributed by atoms with Gasteiger partial charge in [-0.3, -0.25) is 14.8 Å². The molecule has 1 saturated heterocycles. The molecule has 1 fully saturated rings. The largest absolute Gasteiger partial charge is 0.386 e. The number of carbonyl (C=O) groups is 1. The van der Waals surface area contributed by atoms with Gasteiger partial charge in [-0.15, -0.1) is 0 Å². The summed E-state index contributed by atoms with van der Waals surface area (Å²) in [5.41, 5.74) is 6.99. The quantitative estimate of drug-likeness (QED) is 0.672. The number of Topliss-reactive ketones (excluding diaryl/α,β-unsaturated/α-hetero) is 1. The van der Waals surface area contributed by atoms with Crippen LogP contribution in [0.15, 0.2) is 29.4 Å². The minimum Gasteiger partial charge on any atom is -0.386 e. The van der Waals surface area contributed by atoms with E-state index in [9.17, 15) is 17.6 Å². The Balaban J connectivity index is 1.70. The summed E-state index contributed by atoms with van der Waals surface area (Å²) in [5, 5.41) is 0. The molecular formula is C23H28FN5O3S. The number of aromatic nitrogens is 2. The van der Waals surface area contributed by atoms with Gasteiger partial charge in [0.1, 0.15) is 27.6 Å². The van der Waals surface area contributed by atoms with E-state index in [-0.39, 0.29) is 41.6 Å². The summed E-state index contributed by atoms with van der Waals surface area (Å²) in [7, 11) is -1.88. The lowest BCUT2D eigenvalue weighted by Crippen LogP contribution is -2.59. The SMILES string of the molecule is Cc1cnc(C(=O)Cc2ccc(F)c([C@]3(C)CS(=O)(=O)C4(CCN(C)C4)C(N)=N3)c2)c(C)n1. The van der Waals surface area contributed by atoms with Crippen molar-refractivity contribution < 1.29 is 17.6 Å². The summed E-state index contributed by atoms with van der Waals surface area (Å²) < 4.78 is 40.5. The molecule has 33 heavy (non-hydrogen) atoms. The zero-order valence-electron chi connectivity index (χ0n) is 19.2. The predicted octanol–water partition coefficient (Wildman–Crippen LogP) is 1.73. The maximum Gasteiger partial charge on any atom is 0.187 e. The number of benzene rings is 1. The van der Waals surface area contributed by atoms with Gasteiger partial charge in [0.2, 0.25) is 0 Å². The highest BCUT2D eigenvalue weighted by atomic mass is 32.2. The molecule has 8 nitrogen and oxygen atoms in total. The number of nitrogens with zero attached hydrogens (tertiary/aromatic N) is 4.